The Morgan fingerprint density at radius 3 is 2.80 bits per heavy atom. The van der Waals surface area contributed by atoms with E-state index < -0.39 is 5.91 Å². The highest BCUT2D eigenvalue weighted by Crippen LogP contribution is 2.16. The number of carbonyl (C=O) groups is 1. The Balaban J connectivity index is 2.48. The Morgan fingerprint density at radius 2 is 2.27 bits per heavy atom. The average molecular weight is 204 g/mol. The molecule has 76 valence electrons. The van der Waals surface area contributed by atoms with Crippen LogP contribution in [0.2, 0.25) is 0 Å². The Morgan fingerprint density at radius 1 is 1.47 bits per heavy atom. The van der Waals surface area contributed by atoms with Gasteiger partial charge in [-0.25, -0.2) is 15.0 Å². The van der Waals surface area contributed by atoms with E-state index in [1.807, 2.05) is 0 Å². The van der Waals surface area contributed by atoms with E-state index in [0.717, 1.165) is 0 Å². The molecule has 15 heavy (non-hydrogen) atoms. The van der Waals surface area contributed by atoms with Gasteiger partial charge in [-0.15, -0.1) is 0 Å². The number of oxazole rings is 1. The van der Waals surface area contributed by atoms with Crippen molar-refractivity contribution in [1.29, 1.82) is 0 Å². The summed E-state index contributed by atoms with van der Waals surface area (Å²) in [5.41, 5.74) is 6.25. The molecule has 0 aliphatic rings. The van der Waals surface area contributed by atoms with Crippen LogP contribution in [0.15, 0.2) is 23.1 Å². The zero-order valence-corrected chi connectivity index (χ0v) is 7.97. The lowest BCUT2D eigenvalue weighted by Gasteiger charge is -2.00. The second-order valence-corrected chi connectivity index (χ2v) is 2.89. The lowest BCUT2D eigenvalue weighted by atomic mass is 10.3. The monoisotopic (exact) mass is 204 g/mol. The van der Waals surface area contributed by atoms with Gasteiger partial charge in [-0.1, -0.05) is 0 Å². The van der Waals surface area contributed by atoms with Crippen molar-refractivity contribution in [3.8, 4) is 11.6 Å². The van der Waals surface area contributed by atoms with E-state index in [2.05, 4.69) is 15.0 Å². The van der Waals surface area contributed by atoms with Crippen molar-refractivity contribution < 1.29 is 9.21 Å². The summed E-state index contributed by atoms with van der Waals surface area (Å²) in [5.74, 6) is -0.236. The Bertz CT molecular complexity index is 493. The second kappa shape index (κ2) is 3.49. The largest absolute Gasteiger partial charge is 0.443 e. The molecule has 0 saturated carbocycles. The number of hydrogen-bond donors (Lipinski definition) is 1. The number of aromatic nitrogens is 3. The van der Waals surface area contributed by atoms with Crippen LogP contribution in [-0.2, 0) is 0 Å². The first-order valence-corrected chi connectivity index (χ1v) is 4.22. The standard InChI is InChI=1S/C9H8N4O2/c1-5-7(9-11-2-3-15-9)12-4-6(13-5)8(10)14/h2-4H,1H3,(H2,10,14). The molecule has 0 aromatic carbocycles. The summed E-state index contributed by atoms with van der Waals surface area (Å²) in [6.07, 6.45) is 4.26. The van der Waals surface area contributed by atoms with Gasteiger partial charge in [0.15, 0.2) is 0 Å². The molecule has 6 nitrogen and oxygen atoms in total. The van der Waals surface area contributed by atoms with Gasteiger partial charge in [-0.3, -0.25) is 4.79 Å². The predicted octanol–water partition coefficient (Wildman–Crippen LogP) is 0.539. The number of primary amides is 1. The maximum Gasteiger partial charge on any atom is 0.268 e. The van der Waals surface area contributed by atoms with Crippen LogP contribution >= 0.6 is 0 Å². The third-order valence-corrected chi connectivity index (χ3v) is 1.83. The molecule has 0 spiro atoms. The molecule has 2 rings (SSSR count). The van der Waals surface area contributed by atoms with Crippen LogP contribution < -0.4 is 5.73 Å². The highest BCUT2D eigenvalue weighted by molar-refractivity contribution is 5.90. The Hall–Kier alpha value is -2.24. The van der Waals surface area contributed by atoms with Crippen LogP contribution in [0.25, 0.3) is 11.6 Å². The van der Waals surface area contributed by atoms with Crippen molar-refractivity contribution in [2.24, 2.45) is 5.73 Å². The first-order chi connectivity index (χ1) is 7.18. The van der Waals surface area contributed by atoms with Crippen LogP contribution in [0.3, 0.4) is 0 Å². The van der Waals surface area contributed by atoms with Crippen LogP contribution in [-0.4, -0.2) is 20.9 Å². The first kappa shape index (κ1) is 9.32. The zero-order chi connectivity index (χ0) is 10.8. The first-order valence-electron chi connectivity index (χ1n) is 4.22. The molecular formula is C9H8N4O2. The number of hydrogen-bond acceptors (Lipinski definition) is 5. The molecule has 2 aromatic rings. The van der Waals surface area contributed by atoms with Crippen molar-refractivity contribution in [3.63, 3.8) is 0 Å². The minimum absolute atomic E-state index is 0.128. The second-order valence-electron chi connectivity index (χ2n) is 2.89. The summed E-state index contributed by atoms with van der Waals surface area (Å²) < 4.78 is 5.07. The number of rotatable bonds is 2. The highest BCUT2D eigenvalue weighted by Gasteiger charge is 2.11. The van der Waals surface area contributed by atoms with E-state index >= 15 is 0 Å². The lowest BCUT2D eigenvalue weighted by molar-refractivity contribution is 0.0995. The molecule has 1 amide bonds. The molecule has 0 unspecified atom stereocenters. The van der Waals surface area contributed by atoms with E-state index in [-0.39, 0.29) is 5.69 Å². The van der Waals surface area contributed by atoms with E-state index in [1.54, 1.807) is 6.92 Å². The summed E-state index contributed by atoms with van der Waals surface area (Å²) in [4.78, 5) is 22.8. The third kappa shape index (κ3) is 1.69. The zero-order valence-electron chi connectivity index (χ0n) is 7.97. The molecule has 0 fully saturated rings. The van der Waals surface area contributed by atoms with Crippen molar-refractivity contribution in [2.75, 3.05) is 0 Å². The molecule has 6 heteroatoms. The van der Waals surface area contributed by atoms with E-state index in [0.29, 0.717) is 17.3 Å². The van der Waals surface area contributed by atoms with Crippen LogP contribution in [0.4, 0.5) is 0 Å². The van der Waals surface area contributed by atoms with Crippen molar-refractivity contribution in [3.05, 3.63) is 30.0 Å². The molecular weight excluding hydrogens is 196 g/mol. The fraction of sp³-hybridized carbons (Fsp3) is 0.111. The lowest BCUT2D eigenvalue weighted by Crippen LogP contribution is -2.14. The van der Waals surface area contributed by atoms with Crippen LogP contribution in [0.5, 0.6) is 0 Å². The van der Waals surface area contributed by atoms with Gasteiger partial charge in [0.1, 0.15) is 17.7 Å². The molecule has 0 radical (unpaired) electrons. The van der Waals surface area contributed by atoms with Crippen molar-refractivity contribution in [2.45, 2.75) is 6.92 Å². The predicted molar refractivity (Wildman–Crippen MR) is 50.8 cm³/mol. The number of nitrogens with zero attached hydrogens (tertiary/aromatic N) is 3. The van der Waals surface area contributed by atoms with Gasteiger partial charge in [0.05, 0.1) is 18.1 Å². The minimum Gasteiger partial charge on any atom is -0.443 e. The SMILES string of the molecule is Cc1nc(C(N)=O)cnc1-c1ncco1. The summed E-state index contributed by atoms with van der Waals surface area (Å²) in [7, 11) is 0. The smallest absolute Gasteiger partial charge is 0.268 e. The molecule has 0 aliphatic carbocycles. The van der Waals surface area contributed by atoms with E-state index in [1.165, 1.54) is 18.7 Å². The number of amides is 1. The van der Waals surface area contributed by atoms with Crippen LogP contribution in [0, 0.1) is 6.92 Å². The summed E-state index contributed by atoms with van der Waals surface area (Å²) in [6.45, 7) is 1.71. The topological polar surface area (TPSA) is 94.9 Å². The molecule has 0 bridgehead atoms. The van der Waals surface area contributed by atoms with Crippen molar-refractivity contribution in [1.82, 2.24) is 15.0 Å². The maximum absolute atomic E-state index is 10.8. The van der Waals surface area contributed by atoms with Gasteiger partial charge in [0.25, 0.3) is 5.91 Å². The Kier molecular flexibility index (Phi) is 2.17. The molecule has 0 aliphatic heterocycles. The highest BCUT2D eigenvalue weighted by atomic mass is 16.3. The number of carbonyl (C=O) groups excluding carboxylic acids is 1. The van der Waals surface area contributed by atoms with E-state index in [4.69, 9.17) is 10.2 Å². The summed E-state index contributed by atoms with van der Waals surface area (Å²) in [6, 6.07) is 0. The Labute approximate surface area is 85.2 Å². The van der Waals surface area contributed by atoms with Gasteiger partial charge in [-0.2, -0.15) is 0 Å². The minimum atomic E-state index is -0.607. The molecule has 2 heterocycles. The van der Waals surface area contributed by atoms with Gasteiger partial charge in [0, 0.05) is 0 Å². The summed E-state index contributed by atoms with van der Waals surface area (Å²) >= 11 is 0. The fourth-order valence-corrected chi connectivity index (χ4v) is 1.15. The van der Waals surface area contributed by atoms with Crippen molar-refractivity contribution >= 4 is 5.91 Å². The third-order valence-electron chi connectivity index (χ3n) is 1.83. The summed E-state index contributed by atoms with van der Waals surface area (Å²) in [5, 5.41) is 0. The van der Waals surface area contributed by atoms with Crippen LogP contribution in [0.1, 0.15) is 16.2 Å². The van der Waals surface area contributed by atoms with Gasteiger partial charge in [-0.05, 0) is 6.92 Å². The van der Waals surface area contributed by atoms with Gasteiger partial charge in [0.2, 0.25) is 5.89 Å². The normalized spacial score (nSPS) is 10.2. The van der Waals surface area contributed by atoms with Gasteiger partial charge >= 0.3 is 0 Å². The molecule has 2 N–H and O–H groups in total. The number of nitrogens with two attached hydrogens (primary N) is 1. The van der Waals surface area contributed by atoms with E-state index in [9.17, 15) is 4.79 Å². The maximum atomic E-state index is 10.8. The fourth-order valence-electron chi connectivity index (χ4n) is 1.15. The average Bonchev–Trinajstić information content (AvgIpc) is 2.70. The molecule has 2 aromatic heterocycles. The van der Waals surface area contributed by atoms with Gasteiger partial charge < -0.3 is 10.2 Å². The molecule has 0 saturated heterocycles. The quantitative estimate of drug-likeness (QED) is 0.770. The number of aryl methyl sites for hydroxylation is 1. The molecule has 0 atom stereocenters.